The predicted octanol–water partition coefficient (Wildman–Crippen LogP) is 3.19. The van der Waals surface area contributed by atoms with Gasteiger partial charge in [-0.05, 0) is 43.3 Å². The lowest BCUT2D eigenvalue weighted by Gasteiger charge is -2.10. The minimum atomic E-state index is -0.425. The van der Waals surface area contributed by atoms with Crippen molar-refractivity contribution in [3.05, 3.63) is 70.5 Å². The lowest BCUT2D eigenvalue weighted by Crippen LogP contribution is -2.23. The summed E-state index contributed by atoms with van der Waals surface area (Å²) in [5.74, 6) is 0.308. The van der Waals surface area contributed by atoms with E-state index in [1.54, 1.807) is 47.2 Å². The molecule has 1 heterocycles. The summed E-state index contributed by atoms with van der Waals surface area (Å²) in [4.78, 5) is 25.0. The molecule has 1 amide bonds. The Morgan fingerprint density at radius 3 is 2.54 bits per heavy atom. The third-order valence-electron chi connectivity index (χ3n) is 3.76. The fourth-order valence-corrected chi connectivity index (χ4v) is 2.60. The van der Waals surface area contributed by atoms with Crippen LogP contribution in [0.1, 0.15) is 17.3 Å². The number of aryl methyl sites for hydroxylation is 1. The Labute approximate surface area is 139 Å². The molecule has 0 unspecified atom stereocenters. The highest BCUT2D eigenvalue weighted by atomic mass is 16.5. The summed E-state index contributed by atoms with van der Waals surface area (Å²) in [5.41, 5.74) is 1.25. The molecular formula is C19H18N2O3. The quantitative estimate of drug-likeness (QED) is 0.802. The van der Waals surface area contributed by atoms with Crippen molar-refractivity contribution >= 4 is 22.5 Å². The zero-order valence-corrected chi connectivity index (χ0v) is 13.6. The minimum Gasteiger partial charge on any atom is -0.494 e. The van der Waals surface area contributed by atoms with Crippen LogP contribution in [0.15, 0.2) is 59.5 Å². The van der Waals surface area contributed by atoms with Gasteiger partial charge in [0.05, 0.1) is 12.1 Å². The van der Waals surface area contributed by atoms with Crippen molar-refractivity contribution in [2.75, 3.05) is 11.9 Å². The van der Waals surface area contributed by atoms with Crippen LogP contribution in [0.3, 0.4) is 0 Å². The Morgan fingerprint density at radius 1 is 1.12 bits per heavy atom. The van der Waals surface area contributed by atoms with Crippen LogP contribution in [0.2, 0.25) is 0 Å². The third-order valence-corrected chi connectivity index (χ3v) is 3.76. The van der Waals surface area contributed by atoms with Gasteiger partial charge in [0.25, 0.3) is 5.91 Å². The highest BCUT2D eigenvalue weighted by Gasteiger charge is 2.14. The number of benzene rings is 2. The van der Waals surface area contributed by atoms with Gasteiger partial charge in [0.15, 0.2) is 0 Å². The zero-order valence-electron chi connectivity index (χ0n) is 13.6. The summed E-state index contributed by atoms with van der Waals surface area (Å²) in [6.07, 6.45) is 1.56. The molecule has 24 heavy (non-hydrogen) atoms. The lowest BCUT2D eigenvalue weighted by molar-refractivity contribution is 0.102. The lowest BCUT2D eigenvalue weighted by atomic mass is 10.1. The molecular weight excluding hydrogens is 304 g/mol. The first kappa shape index (κ1) is 15.8. The van der Waals surface area contributed by atoms with Gasteiger partial charge in [-0.3, -0.25) is 9.59 Å². The zero-order chi connectivity index (χ0) is 17.1. The van der Waals surface area contributed by atoms with Gasteiger partial charge >= 0.3 is 0 Å². The number of aromatic nitrogens is 1. The van der Waals surface area contributed by atoms with Gasteiger partial charge in [0, 0.05) is 24.3 Å². The van der Waals surface area contributed by atoms with Crippen molar-refractivity contribution in [2.24, 2.45) is 7.05 Å². The highest BCUT2D eigenvalue weighted by Crippen LogP contribution is 2.17. The van der Waals surface area contributed by atoms with Crippen LogP contribution in [-0.2, 0) is 7.05 Å². The summed E-state index contributed by atoms with van der Waals surface area (Å²) in [7, 11) is 1.81. The number of hydrogen-bond donors (Lipinski definition) is 1. The average molecular weight is 322 g/mol. The topological polar surface area (TPSA) is 60.3 Å². The van der Waals surface area contributed by atoms with Crippen molar-refractivity contribution in [1.82, 2.24) is 4.57 Å². The van der Waals surface area contributed by atoms with Gasteiger partial charge in [0.1, 0.15) is 11.3 Å². The second-order valence-corrected chi connectivity index (χ2v) is 5.41. The number of nitrogens with zero attached hydrogens (tertiary/aromatic N) is 1. The van der Waals surface area contributed by atoms with E-state index in [0.717, 1.165) is 11.3 Å². The number of carbonyl (C=O) groups excluding carboxylic acids is 1. The predicted molar refractivity (Wildman–Crippen MR) is 94.8 cm³/mol. The van der Waals surface area contributed by atoms with Gasteiger partial charge < -0.3 is 14.6 Å². The van der Waals surface area contributed by atoms with Crippen LogP contribution in [0.25, 0.3) is 10.9 Å². The summed E-state index contributed by atoms with van der Waals surface area (Å²) in [6, 6.07) is 14.3. The molecule has 0 aliphatic carbocycles. The second kappa shape index (κ2) is 6.58. The van der Waals surface area contributed by atoms with Gasteiger partial charge in [0.2, 0.25) is 5.43 Å². The van der Waals surface area contributed by atoms with Crippen molar-refractivity contribution in [3.63, 3.8) is 0 Å². The van der Waals surface area contributed by atoms with E-state index in [-0.39, 0.29) is 11.0 Å². The number of amides is 1. The van der Waals surface area contributed by atoms with Crippen LogP contribution < -0.4 is 15.5 Å². The maximum atomic E-state index is 12.6. The smallest absolute Gasteiger partial charge is 0.261 e. The number of rotatable bonds is 4. The maximum absolute atomic E-state index is 12.6. The van der Waals surface area contributed by atoms with E-state index in [0.29, 0.717) is 17.7 Å². The van der Waals surface area contributed by atoms with Crippen molar-refractivity contribution in [2.45, 2.75) is 6.92 Å². The van der Waals surface area contributed by atoms with Gasteiger partial charge in [-0.25, -0.2) is 0 Å². The summed E-state index contributed by atoms with van der Waals surface area (Å²) in [5, 5.41) is 3.28. The number of pyridine rings is 1. The fraction of sp³-hybridized carbons (Fsp3) is 0.158. The number of hydrogen-bond acceptors (Lipinski definition) is 3. The third kappa shape index (κ3) is 3.01. The molecule has 2 aromatic carbocycles. The number of fused-ring (bicyclic) bond motifs is 1. The standard InChI is InChI=1S/C19H18N2O3/c1-3-24-14-10-8-13(9-11-14)20-19(23)16-12-21(2)17-7-5-4-6-15(17)18(16)22/h4-12H,3H2,1-2H3,(H,20,23). The molecule has 0 aliphatic heterocycles. The Kier molecular flexibility index (Phi) is 4.33. The molecule has 5 heteroatoms. The molecule has 3 aromatic rings. The van der Waals surface area contributed by atoms with E-state index in [1.807, 2.05) is 26.1 Å². The number of carbonyl (C=O) groups is 1. The average Bonchev–Trinajstić information content (AvgIpc) is 2.60. The Bertz CT molecular complexity index is 943. The number of nitrogens with one attached hydrogen (secondary N) is 1. The molecule has 122 valence electrons. The highest BCUT2D eigenvalue weighted by molar-refractivity contribution is 6.05. The second-order valence-electron chi connectivity index (χ2n) is 5.41. The fourth-order valence-electron chi connectivity index (χ4n) is 2.60. The molecule has 0 spiro atoms. The van der Waals surface area contributed by atoms with E-state index in [2.05, 4.69) is 5.32 Å². The molecule has 0 fully saturated rings. The van der Waals surface area contributed by atoms with Gasteiger partial charge in [-0.1, -0.05) is 12.1 Å². The number of para-hydroxylation sites is 1. The summed E-state index contributed by atoms with van der Waals surface area (Å²) in [6.45, 7) is 2.49. The van der Waals surface area contributed by atoms with Crippen molar-refractivity contribution in [3.8, 4) is 5.75 Å². The Hall–Kier alpha value is -3.08. The van der Waals surface area contributed by atoms with Crippen molar-refractivity contribution < 1.29 is 9.53 Å². The Balaban J connectivity index is 1.91. The first-order valence-corrected chi connectivity index (χ1v) is 7.72. The van der Waals surface area contributed by atoms with E-state index in [4.69, 9.17) is 4.74 Å². The first-order valence-electron chi connectivity index (χ1n) is 7.72. The Morgan fingerprint density at radius 2 is 1.83 bits per heavy atom. The van der Waals surface area contributed by atoms with Crippen LogP contribution >= 0.6 is 0 Å². The van der Waals surface area contributed by atoms with E-state index >= 15 is 0 Å². The molecule has 0 atom stereocenters. The van der Waals surface area contributed by atoms with Crippen LogP contribution in [0, 0.1) is 0 Å². The van der Waals surface area contributed by atoms with E-state index in [1.165, 1.54) is 0 Å². The number of anilines is 1. The summed E-state index contributed by atoms with van der Waals surface area (Å²) >= 11 is 0. The first-order chi connectivity index (χ1) is 11.6. The monoisotopic (exact) mass is 322 g/mol. The SMILES string of the molecule is CCOc1ccc(NC(=O)c2cn(C)c3ccccc3c2=O)cc1. The normalized spacial score (nSPS) is 10.6. The molecule has 0 aliphatic rings. The van der Waals surface area contributed by atoms with E-state index in [9.17, 15) is 9.59 Å². The van der Waals surface area contributed by atoms with E-state index < -0.39 is 5.91 Å². The molecule has 0 saturated heterocycles. The van der Waals surface area contributed by atoms with Gasteiger partial charge in [-0.2, -0.15) is 0 Å². The number of ether oxygens (including phenoxy) is 1. The minimum absolute atomic E-state index is 0.116. The van der Waals surface area contributed by atoms with Crippen molar-refractivity contribution in [1.29, 1.82) is 0 Å². The van der Waals surface area contributed by atoms with Gasteiger partial charge in [-0.15, -0.1) is 0 Å². The van der Waals surface area contributed by atoms with Crippen LogP contribution in [0.5, 0.6) is 5.75 Å². The molecule has 0 radical (unpaired) electrons. The molecule has 3 rings (SSSR count). The molecule has 0 bridgehead atoms. The largest absolute Gasteiger partial charge is 0.494 e. The van der Waals surface area contributed by atoms with Crippen LogP contribution in [-0.4, -0.2) is 17.1 Å². The molecule has 5 nitrogen and oxygen atoms in total. The summed E-state index contributed by atoms with van der Waals surface area (Å²) < 4.78 is 7.15. The molecule has 0 saturated carbocycles. The maximum Gasteiger partial charge on any atom is 0.261 e. The molecule has 1 N–H and O–H groups in total. The van der Waals surface area contributed by atoms with Crippen LogP contribution in [0.4, 0.5) is 5.69 Å². The molecule has 1 aromatic heterocycles.